The van der Waals surface area contributed by atoms with Crippen molar-refractivity contribution in [1.29, 1.82) is 0 Å². The van der Waals surface area contributed by atoms with E-state index in [9.17, 15) is 14.4 Å². The summed E-state index contributed by atoms with van der Waals surface area (Å²) in [5.41, 5.74) is 3.28. The maximum absolute atomic E-state index is 14.0. The first-order valence-electron chi connectivity index (χ1n) is 14.6. The summed E-state index contributed by atoms with van der Waals surface area (Å²) in [7, 11) is 0. The number of halogens is 2. The third kappa shape index (κ3) is 7.03. The molecule has 0 radical (unpaired) electrons. The maximum Gasteiger partial charge on any atom is 0.258 e. The molecule has 0 saturated heterocycles. The summed E-state index contributed by atoms with van der Waals surface area (Å²) in [6, 6.07) is 25.8. The van der Waals surface area contributed by atoms with Gasteiger partial charge in [-0.15, -0.1) is 0 Å². The summed E-state index contributed by atoms with van der Waals surface area (Å²) in [6.45, 7) is 5.15. The van der Waals surface area contributed by atoms with Crippen LogP contribution in [0.25, 0.3) is 10.8 Å². The van der Waals surface area contributed by atoms with Gasteiger partial charge in [-0.05, 0) is 53.1 Å². The molecule has 0 saturated carbocycles. The number of carbonyl (C=O) groups excluding carboxylic acids is 3. The van der Waals surface area contributed by atoms with Crippen LogP contribution in [0, 0.1) is 5.92 Å². The quantitative estimate of drug-likeness (QED) is 0.182. The molecule has 1 atom stereocenters. The highest BCUT2D eigenvalue weighted by Gasteiger charge is 2.32. The molecular formula is C35H35Cl2N3O3. The SMILES string of the molecule is CC(C)CNC(=O)[C@@H](Cc1ccccc1)N(Cc1ccc(Cl)c(Cl)c1)C(=O)CCCN1C(=O)c2cccc3cccc1c23. The Balaban J connectivity index is 1.38. The van der Waals surface area contributed by atoms with E-state index in [1.165, 1.54) is 0 Å². The number of nitrogens with one attached hydrogen (secondary N) is 1. The molecule has 5 rings (SSSR count). The predicted octanol–water partition coefficient (Wildman–Crippen LogP) is 7.30. The zero-order valence-electron chi connectivity index (χ0n) is 24.4. The molecule has 0 spiro atoms. The van der Waals surface area contributed by atoms with Crippen LogP contribution >= 0.6 is 23.2 Å². The fourth-order valence-corrected chi connectivity index (χ4v) is 5.86. The van der Waals surface area contributed by atoms with Crippen LogP contribution in [0.4, 0.5) is 5.69 Å². The highest BCUT2D eigenvalue weighted by atomic mass is 35.5. The molecule has 0 aromatic heterocycles. The third-order valence-corrected chi connectivity index (χ3v) is 8.45. The molecule has 1 aliphatic heterocycles. The second-order valence-electron chi connectivity index (χ2n) is 11.4. The Morgan fingerprint density at radius 1 is 0.884 bits per heavy atom. The van der Waals surface area contributed by atoms with Crippen molar-refractivity contribution in [3.8, 4) is 0 Å². The van der Waals surface area contributed by atoms with Crippen molar-refractivity contribution in [1.82, 2.24) is 10.2 Å². The highest BCUT2D eigenvalue weighted by Crippen LogP contribution is 2.37. The van der Waals surface area contributed by atoms with Crippen LogP contribution in [0.2, 0.25) is 10.0 Å². The molecular weight excluding hydrogens is 581 g/mol. The largest absolute Gasteiger partial charge is 0.354 e. The summed E-state index contributed by atoms with van der Waals surface area (Å²) in [6.07, 6.45) is 0.971. The van der Waals surface area contributed by atoms with Gasteiger partial charge in [0, 0.05) is 43.4 Å². The molecule has 0 unspecified atom stereocenters. The molecule has 3 amide bonds. The number of amides is 3. The van der Waals surface area contributed by atoms with Crippen molar-refractivity contribution in [2.45, 2.75) is 45.7 Å². The summed E-state index contributed by atoms with van der Waals surface area (Å²) < 4.78 is 0. The smallest absolute Gasteiger partial charge is 0.258 e. The lowest BCUT2D eigenvalue weighted by Crippen LogP contribution is -2.51. The van der Waals surface area contributed by atoms with Gasteiger partial charge in [0.25, 0.3) is 5.91 Å². The second kappa shape index (κ2) is 13.6. The highest BCUT2D eigenvalue weighted by molar-refractivity contribution is 6.42. The van der Waals surface area contributed by atoms with E-state index in [0.717, 1.165) is 27.6 Å². The number of rotatable bonds is 12. The normalized spacial score (nSPS) is 13.0. The molecule has 0 aliphatic carbocycles. The predicted molar refractivity (Wildman–Crippen MR) is 174 cm³/mol. The number of hydrogen-bond donors (Lipinski definition) is 1. The molecule has 43 heavy (non-hydrogen) atoms. The van der Waals surface area contributed by atoms with Gasteiger partial charge in [-0.25, -0.2) is 0 Å². The molecule has 1 N–H and O–H groups in total. The lowest BCUT2D eigenvalue weighted by atomic mass is 10.0. The molecule has 6 nitrogen and oxygen atoms in total. The van der Waals surface area contributed by atoms with E-state index in [0.29, 0.717) is 41.5 Å². The number of hydrogen-bond acceptors (Lipinski definition) is 3. The number of benzene rings is 4. The summed E-state index contributed by atoms with van der Waals surface area (Å²) >= 11 is 12.5. The van der Waals surface area contributed by atoms with Crippen LogP contribution in [0.5, 0.6) is 0 Å². The zero-order chi connectivity index (χ0) is 30.5. The van der Waals surface area contributed by atoms with E-state index in [2.05, 4.69) is 5.32 Å². The first-order chi connectivity index (χ1) is 20.7. The lowest BCUT2D eigenvalue weighted by molar-refractivity contribution is -0.141. The van der Waals surface area contributed by atoms with Gasteiger partial charge in [0.1, 0.15) is 6.04 Å². The molecule has 1 heterocycles. The molecule has 4 aromatic rings. The zero-order valence-corrected chi connectivity index (χ0v) is 25.9. The lowest BCUT2D eigenvalue weighted by Gasteiger charge is -2.32. The van der Waals surface area contributed by atoms with Crippen molar-refractivity contribution in [3.05, 3.63) is 112 Å². The average molecular weight is 617 g/mol. The first-order valence-corrected chi connectivity index (χ1v) is 15.4. The molecule has 222 valence electrons. The van der Waals surface area contributed by atoms with Crippen molar-refractivity contribution in [2.24, 2.45) is 5.92 Å². The van der Waals surface area contributed by atoms with Crippen molar-refractivity contribution in [3.63, 3.8) is 0 Å². The van der Waals surface area contributed by atoms with Crippen molar-refractivity contribution >= 4 is 57.4 Å². The molecule has 4 aromatic carbocycles. The van der Waals surface area contributed by atoms with Gasteiger partial charge < -0.3 is 15.1 Å². The first kappa shape index (κ1) is 30.6. The van der Waals surface area contributed by atoms with Gasteiger partial charge in [0.05, 0.1) is 15.7 Å². The van der Waals surface area contributed by atoms with E-state index in [1.807, 2.05) is 86.6 Å². The van der Waals surface area contributed by atoms with Crippen LogP contribution < -0.4 is 10.2 Å². The third-order valence-electron chi connectivity index (χ3n) is 7.71. The van der Waals surface area contributed by atoms with Crippen molar-refractivity contribution < 1.29 is 14.4 Å². The van der Waals surface area contributed by atoms with Gasteiger partial charge in [0.2, 0.25) is 11.8 Å². The topological polar surface area (TPSA) is 69.7 Å². The fourth-order valence-electron chi connectivity index (χ4n) is 5.54. The Hall–Kier alpha value is -3.87. The standard InChI is InChI=1S/C35H35Cl2N3O3/c1-23(2)21-38-34(42)31(20-24-9-4-3-5-10-24)40(22-25-16-17-28(36)29(37)19-25)32(41)15-8-18-39-30-14-7-12-26-11-6-13-27(33(26)30)35(39)43/h3-7,9-14,16-17,19,23,31H,8,15,18,20-22H2,1-2H3,(H,38,42)/t31-/m1/s1. The van der Waals surface area contributed by atoms with Crippen LogP contribution in [0.3, 0.4) is 0 Å². The molecule has 0 fully saturated rings. The summed E-state index contributed by atoms with van der Waals surface area (Å²) in [4.78, 5) is 44.4. The Bertz CT molecular complexity index is 1640. The summed E-state index contributed by atoms with van der Waals surface area (Å²) in [5.74, 6) is -0.175. The van der Waals surface area contributed by atoms with Crippen molar-refractivity contribution in [2.75, 3.05) is 18.0 Å². The minimum atomic E-state index is -0.741. The average Bonchev–Trinajstić information content (AvgIpc) is 3.28. The number of anilines is 1. The Labute approximate surface area is 262 Å². The minimum Gasteiger partial charge on any atom is -0.354 e. The molecule has 1 aliphatic rings. The van der Waals surface area contributed by atoms with E-state index < -0.39 is 6.04 Å². The maximum atomic E-state index is 14.0. The van der Waals surface area contributed by atoms with Gasteiger partial charge >= 0.3 is 0 Å². The van der Waals surface area contributed by atoms with Crippen LogP contribution in [0.1, 0.15) is 48.2 Å². The molecule has 8 heteroatoms. The van der Waals surface area contributed by atoms with Crippen LogP contribution in [0.15, 0.2) is 84.9 Å². The second-order valence-corrected chi connectivity index (χ2v) is 12.2. The minimum absolute atomic E-state index is 0.0538. The van der Waals surface area contributed by atoms with E-state index >= 15 is 0 Å². The van der Waals surface area contributed by atoms with Gasteiger partial charge in [-0.2, -0.15) is 0 Å². The summed E-state index contributed by atoms with van der Waals surface area (Å²) in [5, 5.41) is 5.82. The number of nitrogens with zero attached hydrogens (tertiary/aromatic N) is 2. The van der Waals surface area contributed by atoms with Crippen LogP contribution in [-0.2, 0) is 22.6 Å². The number of carbonyl (C=O) groups is 3. The van der Waals surface area contributed by atoms with Crippen LogP contribution in [-0.4, -0.2) is 41.8 Å². The van der Waals surface area contributed by atoms with E-state index in [1.54, 1.807) is 21.9 Å². The Morgan fingerprint density at radius 2 is 1.63 bits per heavy atom. The van der Waals surface area contributed by atoms with Gasteiger partial charge in [-0.1, -0.05) is 97.7 Å². The van der Waals surface area contributed by atoms with Gasteiger partial charge in [0.15, 0.2) is 0 Å². The Morgan fingerprint density at radius 3 is 2.35 bits per heavy atom. The van der Waals surface area contributed by atoms with E-state index in [-0.39, 0.29) is 36.6 Å². The van der Waals surface area contributed by atoms with Gasteiger partial charge in [-0.3, -0.25) is 14.4 Å². The Kier molecular flexibility index (Phi) is 9.69. The molecule has 0 bridgehead atoms. The van der Waals surface area contributed by atoms with E-state index in [4.69, 9.17) is 23.2 Å². The fraction of sp³-hybridized carbons (Fsp3) is 0.286. The monoisotopic (exact) mass is 615 g/mol.